The van der Waals surface area contributed by atoms with Crippen LogP contribution in [0.1, 0.15) is 24.5 Å². The fraction of sp³-hybridized carbons (Fsp3) is 0.300. The average Bonchev–Trinajstić information content (AvgIpc) is 2.64. The number of rotatable bonds is 5. The van der Waals surface area contributed by atoms with E-state index in [1.807, 2.05) is 32.0 Å². The van der Waals surface area contributed by atoms with Gasteiger partial charge in [0.25, 0.3) is 0 Å². The van der Waals surface area contributed by atoms with Gasteiger partial charge in [0, 0.05) is 17.0 Å². The molecule has 6 nitrogen and oxygen atoms in total. The van der Waals surface area contributed by atoms with Crippen LogP contribution in [0.15, 0.2) is 46.2 Å². The van der Waals surface area contributed by atoms with E-state index in [-0.39, 0.29) is 34.1 Å². The lowest BCUT2D eigenvalue weighted by Gasteiger charge is -2.21. The first kappa shape index (κ1) is 20.4. The molecule has 0 unspecified atom stereocenters. The second-order valence-corrected chi connectivity index (χ2v) is 10.3. The highest BCUT2D eigenvalue weighted by atomic mass is 32.2. The molecule has 0 aliphatic carbocycles. The Morgan fingerprint density at radius 2 is 1.86 bits per heavy atom. The molecule has 1 aliphatic heterocycles. The lowest BCUT2D eigenvalue weighted by Crippen LogP contribution is -2.26. The summed E-state index contributed by atoms with van der Waals surface area (Å²) in [7, 11) is -3.65. The number of para-hydroxylation sites is 1. The molecule has 28 heavy (non-hydrogen) atoms. The number of hydrogen-bond acceptors (Lipinski definition) is 5. The van der Waals surface area contributed by atoms with E-state index in [0.29, 0.717) is 11.4 Å². The fourth-order valence-corrected chi connectivity index (χ4v) is 5.13. The first-order valence-electron chi connectivity index (χ1n) is 8.88. The fourth-order valence-electron chi connectivity index (χ4n) is 2.94. The van der Waals surface area contributed by atoms with Crippen molar-refractivity contribution in [1.82, 2.24) is 0 Å². The number of carbonyl (C=O) groups excluding carboxylic acids is 2. The third kappa shape index (κ3) is 4.39. The van der Waals surface area contributed by atoms with E-state index in [0.717, 1.165) is 16.0 Å². The van der Waals surface area contributed by atoms with E-state index < -0.39 is 9.84 Å². The highest BCUT2D eigenvalue weighted by molar-refractivity contribution is 8.01. The molecule has 148 valence electrons. The Labute approximate surface area is 169 Å². The van der Waals surface area contributed by atoms with Crippen LogP contribution in [-0.4, -0.2) is 31.2 Å². The van der Waals surface area contributed by atoms with Crippen molar-refractivity contribution in [1.29, 1.82) is 0 Å². The number of anilines is 2. The van der Waals surface area contributed by atoms with Crippen LogP contribution in [0.25, 0.3) is 0 Å². The van der Waals surface area contributed by atoms with E-state index in [2.05, 4.69) is 10.6 Å². The monoisotopic (exact) mass is 418 g/mol. The zero-order valence-electron chi connectivity index (χ0n) is 15.9. The number of aryl methyl sites for hydroxylation is 2. The van der Waals surface area contributed by atoms with Gasteiger partial charge in [-0.25, -0.2) is 8.42 Å². The Hall–Kier alpha value is -2.32. The van der Waals surface area contributed by atoms with E-state index in [1.54, 1.807) is 13.0 Å². The molecule has 0 saturated heterocycles. The quantitative estimate of drug-likeness (QED) is 0.775. The van der Waals surface area contributed by atoms with Crippen LogP contribution >= 0.6 is 11.8 Å². The van der Waals surface area contributed by atoms with Gasteiger partial charge in [0.15, 0.2) is 9.84 Å². The average molecular weight is 419 g/mol. The number of hydrogen-bond donors (Lipinski definition) is 2. The number of thioether (sulfide) groups is 1. The topological polar surface area (TPSA) is 92.3 Å². The SMILES string of the molecule is Cc1cccc(C)c1NC(=O)CCS(=O)(=O)c1ccc2c(c1)NC(=O)[C@H](C)S2. The minimum Gasteiger partial charge on any atom is -0.326 e. The Bertz CT molecular complexity index is 1030. The third-order valence-corrected chi connectivity index (χ3v) is 7.48. The maximum atomic E-state index is 12.7. The molecule has 1 aliphatic rings. The number of carbonyl (C=O) groups is 2. The molecule has 0 aromatic heterocycles. The first-order chi connectivity index (χ1) is 13.2. The second kappa shape index (κ2) is 7.97. The Balaban J connectivity index is 1.70. The summed E-state index contributed by atoms with van der Waals surface area (Å²) in [5.41, 5.74) is 3.06. The summed E-state index contributed by atoms with van der Waals surface area (Å²) < 4.78 is 25.3. The maximum absolute atomic E-state index is 12.7. The van der Waals surface area contributed by atoms with Gasteiger partial charge < -0.3 is 10.6 Å². The smallest absolute Gasteiger partial charge is 0.237 e. The molecular formula is C20H22N2O4S2. The first-order valence-corrected chi connectivity index (χ1v) is 11.4. The Morgan fingerprint density at radius 3 is 2.54 bits per heavy atom. The largest absolute Gasteiger partial charge is 0.326 e. The predicted molar refractivity (Wildman–Crippen MR) is 112 cm³/mol. The van der Waals surface area contributed by atoms with Gasteiger partial charge in [-0.1, -0.05) is 18.2 Å². The highest BCUT2D eigenvalue weighted by Crippen LogP contribution is 2.36. The summed E-state index contributed by atoms with van der Waals surface area (Å²) in [6, 6.07) is 10.4. The zero-order valence-corrected chi connectivity index (χ0v) is 17.5. The number of benzene rings is 2. The van der Waals surface area contributed by atoms with Crippen molar-refractivity contribution in [3.63, 3.8) is 0 Å². The van der Waals surface area contributed by atoms with Crippen molar-refractivity contribution < 1.29 is 18.0 Å². The van der Waals surface area contributed by atoms with Crippen LogP contribution in [-0.2, 0) is 19.4 Å². The van der Waals surface area contributed by atoms with Crippen molar-refractivity contribution in [3.05, 3.63) is 47.5 Å². The molecule has 1 atom stereocenters. The van der Waals surface area contributed by atoms with Gasteiger partial charge >= 0.3 is 0 Å². The standard InChI is InChI=1S/C20H22N2O4S2/c1-12-5-4-6-13(2)19(12)22-18(23)9-10-28(25,26)15-7-8-17-16(11-15)21-20(24)14(3)27-17/h4-8,11,14H,9-10H2,1-3H3,(H,21,24)(H,22,23)/t14-/m0/s1. The molecule has 2 amide bonds. The Morgan fingerprint density at radius 1 is 1.18 bits per heavy atom. The lowest BCUT2D eigenvalue weighted by atomic mass is 10.1. The maximum Gasteiger partial charge on any atom is 0.237 e. The van der Waals surface area contributed by atoms with Crippen LogP contribution in [0.5, 0.6) is 0 Å². The molecular weight excluding hydrogens is 396 g/mol. The molecule has 0 spiro atoms. The van der Waals surface area contributed by atoms with E-state index in [4.69, 9.17) is 0 Å². The summed E-state index contributed by atoms with van der Waals surface area (Å²) in [5.74, 6) is -0.809. The summed E-state index contributed by atoms with van der Waals surface area (Å²) >= 11 is 1.39. The van der Waals surface area contributed by atoms with E-state index in [9.17, 15) is 18.0 Å². The van der Waals surface area contributed by atoms with Crippen molar-refractivity contribution in [3.8, 4) is 0 Å². The summed E-state index contributed by atoms with van der Waals surface area (Å²) in [6.45, 7) is 5.57. The van der Waals surface area contributed by atoms with Gasteiger partial charge in [-0.3, -0.25) is 9.59 Å². The van der Waals surface area contributed by atoms with Crippen LogP contribution in [0.2, 0.25) is 0 Å². The lowest BCUT2D eigenvalue weighted by molar-refractivity contribution is -0.116. The van der Waals surface area contributed by atoms with E-state index in [1.165, 1.54) is 23.9 Å². The summed E-state index contributed by atoms with van der Waals surface area (Å²) in [4.78, 5) is 25.0. The number of fused-ring (bicyclic) bond motifs is 1. The Kier molecular flexibility index (Phi) is 5.81. The van der Waals surface area contributed by atoms with Gasteiger partial charge in [0.2, 0.25) is 11.8 Å². The normalized spacial score (nSPS) is 16.2. The van der Waals surface area contributed by atoms with Crippen molar-refractivity contribution >= 4 is 44.8 Å². The summed E-state index contributed by atoms with van der Waals surface area (Å²) in [5, 5.41) is 5.31. The van der Waals surface area contributed by atoms with Crippen LogP contribution in [0.4, 0.5) is 11.4 Å². The predicted octanol–water partition coefficient (Wildman–Crippen LogP) is 3.54. The molecule has 2 aromatic carbocycles. The molecule has 3 rings (SSSR count). The van der Waals surface area contributed by atoms with Gasteiger partial charge in [-0.05, 0) is 50.1 Å². The number of nitrogens with one attached hydrogen (secondary N) is 2. The second-order valence-electron chi connectivity index (χ2n) is 6.79. The summed E-state index contributed by atoms with van der Waals surface area (Å²) in [6.07, 6.45) is -0.147. The third-order valence-electron chi connectivity index (χ3n) is 4.58. The van der Waals surface area contributed by atoms with Crippen molar-refractivity contribution in [2.24, 2.45) is 0 Å². The van der Waals surface area contributed by atoms with Crippen LogP contribution in [0.3, 0.4) is 0 Å². The molecule has 2 aromatic rings. The van der Waals surface area contributed by atoms with Gasteiger partial charge in [-0.2, -0.15) is 0 Å². The zero-order chi connectivity index (χ0) is 20.5. The minimum atomic E-state index is -3.65. The number of amides is 2. The minimum absolute atomic E-state index is 0.0987. The van der Waals surface area contributed by atoms with Crippen molar-refractivity contribution in [2.75, 3.05) is 16.4 Å². The molecule has 0 fully saturated rings. The molecule has 8 heteroatoms. The molecule has 1 heterocycles. The van der Waals surface area contributed by atoms with Crippen molar-refractivity contribution in [2.45, 2.75) is 42.2 Å². The van der Waals surface area contributed by atoms with Gasteiger partial charge in [-0.15, -0.1) is 11.8 Å². The highest BCUT2D eigenvalue weighted by Gasteiger charge is 2.25. The number of sulfone groups is 1. The van der Waals surface area contributed by atoms with Crippen LogP contribution in [0, 0.1) is 13.8 Å². The molecule has 2 N–H and O–H groups in total. The van der Waals surface area contributed by atoms with Gasteiger partial charge in [0.1, 0.15) is 0 Å². The van der Waals surface area contributed by atoms with Gasteiger partial charge in [0.05, 0.1) is 21.6 Å². The molecule has 0 radical (unpaired) electrons. The van der Waals surface area contributed by atoms with E-state index >= 15 is 0 Å². The van der Waals surface area contributed by atoms with Crippen LogP contribution < -0.4 is 10.6 Å². The molecule has 0 bridgehead atoms. The molecule has 0 saturated carbocycles.